The van der Waals surface area contributed by atoms with Crippen LogP contribution in [0.5, 0.6) is 0 Å². The number of thioether (sulfide) groups is 2. The van der Waals surface area contributed by atoms with Crippen LogP contribution >= 0.6 is 34.9 Å². The summed E-state index contributed by atoms with van der Waals surface area (Å²) in [6.45, 7) is 1.75. The van der Waals surface area contributed by atoms with Gasteiger partial charge in [-0.25, -0.2) is 9.82 Å². The van der Waals surface area contributed by atoms with Gasteiger partial charge in [-0.3, -0.25) is 4.79 Å². The van der Waals surface area contributed by atoms with Crippen molar-refractivity contribution in [3.63, 3.8) is 0 Å². The van der Waals surface area contributed by atoms with E-state index in [1.165, 1.54) is 51.6 Å². The van der Waals surface area contributed by atoms with Gasteiger partial charge in [-0.1, -0.05) is 89.5 Å². The zero-order valence-electron chi connectivity index (χ0n) is 17.1. The van der Waals surface area contributed by atoms with Crippen LogP contribution in [0.25, 0.3) is 10.8 Å². The van der Waals surface area contributed by atoms with E-state index >= 15 is 0 Å². The summed E-state index contributed by atoms with van der Waals surface area (Å²) >= 11 is 4.44. The Kier molecular flexibility index (Phi) is 7.51. The molecule has 0 saturated carbocycles. The molecule has 0 radical (unpaired) electrons. The lowest BCUT2D eigenvalue weighted by Crippen LogP contribution is -2.21. The van der Waals surface area contributed by atoms with E-state index in [9.17, 15) is 9.18 Å². The van der Waals surface area contributed by atoms with Crippen LogP contribution in [0.4, 0.5) is 4.39 Å². The maximum absolute atomic E-state index is 13.0. The van der Waals surface area contributed by atoms with E-state index in [2.05, 4.69) is 51.1 Å². The van der Waals surface area contributed by atoms with Crippen molar-refractivity contribution in [1.29, 1.82) is 0 Å². The summed E-state index contributed by atoms with van der Waals surface area (Å²) in [4.78, 5) is 12.1. The standard InChI is InChI=1S/C23H19FN4OS3/c1-15(16-9-11-19(24)12-10-16)25-26-21(29)14-31-23-28-27-22(32-23)30-13-18-7-4-6-17-5-2-3-8-20(17)18/h2-12H,13-14H2,1H3,(H,26,29). The molecule has 4 rings (SSSR count). The van der Waals surface area contributed by atoms with Crippen LogP contribution in [0.1, 0.15) is 18.1 Å². The fourth-order valence-electron chi connectivity index (χ4n) is 2.93. The third-order valence-corrected chi connectivity index (χ3v) is 7.79. The highest BCUT2D eigenvalue weighted by Crippen LogP contribution is 2.32. The topological polar surface area (TPSA) is 67.2 Å². The number of hydrogen-bond donors (Lipinski definition) is 1. The number of benzene rings is 3. The first-order chi connectivity index (χ1) is 15.6. The molecule has 0 fully saturated rings. The van der Waals surface area contributed by atoms with Crippen LogP contribution < -0.4 is 5.43 Å². The van der Waals surface area contributed by atoms with E-state index in [1.54, 1.807) is 30.8 Å². The Bertz CT molecular complexity index is 1250. The molecule has 0 bridgehead atoms. The number of hydrazone groups is 1. The summed E-state index contributed by atoms with van der Waals surface area (Å²) < 4.78 is 14.6. The van der Waals surface area contributed by atoms with Crippen molar-refractivity contribution in [2.45, 2.75) is 21.4 Å². The summed E-state index contributed by atoms with van der Waals surface area (Å²) in [6.07, 6.45) is 0. The Hall–Kier alpha value is -2.75. The summed E-state index contributed by atoms with van der Waals surface area (Å²) in [7, 11) is 0. The molecule has 1 aromatic heterocycles. The first kappa shape index (κ1) is 22.4. The van der Waals surface area contributed by atoms with Gasteiger partial charge in [0.15, 0.2) is 8.68 Å². The predicted molar refractivity (Wildman–Crippen MR) is 131 cm³/mol. The molecule has 1 N–H and O–H groups in total. The van der Waals surface area contributed by atoms with Gasteiger partial charge in [0.1, 0.15) is 5.82 Å². The number of nitrogens with zero attached hydrogens (tertiary/aromatic N) is 3. The molecule has 0 saturated heterocycles. The average molecular weight is 483 g/mol. The van der Waals surface area contributed by atoms with Gasteiger partial charge in [0.25, 0.3) is 5.91 Å². The van der Waals surface area contributed by atoms with E-state index < -0.39 is 0 Å². The molecule has 162 valence electrons. The lowest BCUT2D eigenvalue weighted by Gasteiger charge is -2.04. The number of nitrogens with one attached hydrogen (secondary N) is 1. The summed E-state index contributed by atoms with van der Waals surface area (Å²) in [6, 6.07) is 20.6. The lowest BCUT2D eigenvalue weighted by molar-refractivity contribution is -0.118. The minimum absolute atomic E-state index is 0.183. The number of hydrogen-bond acceptors (Lipinski definition) is 7. The van der Waals surface area contributed by atoms with Crippen LogP contribution in [0.3, 0.4) is 0 Å². The first-order valence-corrected chi connectivity index (χ1v) is 12.5. The highest BCUT2D eigenvalue weighted by molar-refractivity contribution is 8.03. The van der Waals surface area contributed by atoms with E-state index in [0.29, 0.717) is 5.71 Å². The van der Waals surface area contributed by atoms with E-state index in [4.69, 9.17) is 0 Å². The van der Waals surface area contributed by atoms with Gasteiger partial charge < -0.3 is 0 Å². The summed E-state index contributed by atoms with van der Waals surface area (Å²) in [5, 5.41) is 14.9. The number of amides is 1. The first-order valence-electron chi connectivity index (χ1n) is 9.73. The van der Waals surface area contributed by atoms with Crippen molar-refractivity contribution in [3.05, 3.63) is 83.7 Å². The Labute approximate surface area is 197 Å². The Morgan fingerprint density at radius 3 is 2.53 bits per heavy atom. The molecule has 0 aliphatic rings. The second-order valence-electron chi connectivity index (χ2n) is 6.79. The van der Waals surface area contributed by atoms with Gasteiger partial charge >= 0.3 is 0 Å². The van der Waals surface area contributed by atoms with Crippen molar-refractivity contribution >= 4 is 57.3 Å². The Morgan fingerprint density at radius 1 is 1.00 bits per heavy atom. The number of carbonyl (C=O) groups excluding carboxylic acids is 1. The maximum atomic E-state index is 13.0. The molecular formula is C23H19FN4OS3. The lowest BCUT2D eigenvalue weighted by atomic mass is 10.1. The van der Waals surface area contributed by atoms with Gasteiger partial charge in [-0.15, -0.1) is 10.2 Å². The predicted octanol–water partition coefficient (Wildman–Crippen LogP) is 5.76. The van der Waals surface area contributed by atoms with Gasteiger partial charge in [0, 0.05) is 5.75 Å². The van der Waals surface area contributed by atoms with Gasteiger partial charge in [0.2, 0.25) is 0 Å². The van der Waals surface area contributed by atoms with Crippen LogP contribution in [0.2, 0.25) is 0 Å². The molecule has 0 aliphatic heterocycles. The minimum atomic E-state index is -0.311. The van der Waals surface area contributed by atoms with Gasteiger partial charge in [-0.2, -0.15) is 5.10 Å². The Morgan fingerprint density at radius 2 is 1.72 bits per heavy atom. The molecule has 3 aromatic carbocycles. The highest BCUT2D eigenvalue weighted by atomic mass is 32.2. The normalized spacial score (nSPS) is 11.6. The monoisotopic (exact) mass is 482 g/mol. The van der Waals surface area contributed by atoms with Gasteiger partial charge in [0.05, 0.1) is 11.5 Å². The summed E-state index contributed by atoms with van der Waals surface area (Å²) in [5.41, 5.74) is 5.13. The molecule has 0 unspecified atom stereocenters. The van der Waals surface area contributed by atoms with E-state index in [0.717, 1.165) is 20.0 Å². The highest BCUT2D eigenvalue weighted by Gasteiger charge is 2.10. The summed E-state index contributed by atoms with van der Waals surface area (Å²) in [5.74, 6) is 0.437. The van der Waals surface area contributed by atoms with Gasteiger partial charge in [-0.05, 0) is 41.0 Å². The molecule has 4 aromatic rings. The van der Waals surface area contributed by atoms with Crippen molar-refractivity contribution in [2.75, 3.05) is 5.75 Å². The number of carbonyl (C=O) groups is 1. The molecule has 0 aliphatic carbocycles. The van der Waals surface area contributed by atoms with E-state index in [-0.39, 0.29) is 17.5 Å². The molecule has 1 heterocycles. The molecular weight excluding hydrogens is 463 g/mol. The largest absolute Gasteiger partial charge is 0.272 e. The molecule has 9 heteroatoms. The molecule has 5 nitrogen and oxygen atoms in total. The fraction of sp³-hybridized carbons (Fsp3) is 0.130. The number of halogens is 1. The minimum Gasteiger partial charge on any atom is -0.272 e. The molecule has 0 atom stereocenters. The zero-order valence-corrected chi connectivity index (χ0v) is 19.6. The quantitative estimate of drug-likeness (QED) is 0.197. The van der Waals surface area contributed by atoms with Crippen molar-refractivity contribution in [3.8, 4) is 0 Å². The smallest absolute Gasteiger partial charge is 0.250 e. The van der Waals surface area contributed by atoms with Crippen molar-refractivity contribution < 1.29 is 9.18 Å². The van der Waals surface area contributed by atoms with Crippen molar-refractivity contribution in [1.82, 2.24) is 15.6 Å². The third kappa shape index (κ3) is 5.93. The van der Waals surface area contributed by atoms with Crippen LogP contribution in [0.15, 0.2) is 80.5 Å². The molecule has 0 spiro atoms. The van der Waals surface area contributed by atoms with Crippen LogP contribution in [-0.2, 0) is 10.5 Å². The fourth-order valence-corrected chi connectivity index (χ4v) is 5.75. The maximum Gasteiger partial charge on any atom is 0.250 e. The van der Waals surface area contributed by atoms with E-state index in [1.807, 2.05) is 12.1 Å². The van der Waals surface area contributed by atoms with Crippen LogP contribution in [0, 0.1) is 5.82 Å². The molecule has 1 amide bonds. The zero-order chi connectivity index (χ0) is 22.3. The molecule has 32 heavy (non-hydrogen) atoms. The number of aromatic nitrogens is 2. The Balaban J connectivity index is 1.27. The average Bonchev–Trinajstić information content (AvgIpc) is 3.28. The van der Waals surface area contributed by atoms with Crippen LogP contribution in [-0.4, -0.2) is 27.6 Å². The number of fused-ring (bicyclic) bond motifs is 1. The third-order valence-electron chi connectivity index (χ3n) is 4.56. The van der Waals surface area contributed by atoms with Crippen molar-refractivity contribution in [2.24, 2.45) is 5.10 Å². The second kappa shape index (κ2) is 10.7. The second-order valence-corrected chi connectivity index (χ2v) is 10.2. The SMILES string of the molecule is CC(=NNC(=O)CSc1nnc(SCc2cccc3ccccc23)s1)c1ccc(F)cc1. The number of rotatable bonds is 8.